The van der Waals surface area contributed by atoms with Crippen LogP contribution >= 0.6 is 11.8 Å². The molecule has 0 saturated heterocycles. The quantitative estimate of drug-likeness (QED) is 0.402. The maximum Gasteiger partial charge on any atom is 0.407 e. The fraction of sp³-hybridized carbons (Fsp3) is 0.360. The van der Waals surface area contributed by atoms with Crippen LogP contribution in [0.25, 0.3) is 11.1 Å². The summed E-state index contributed by atoms with van der Waals surface area (Å²) in [6.07, 6.45) is 0.784. The SMILES string of the molecule is COC(=O)C[C@@H](NC(=O)[C@H](CCSC)NC(=O)OCC1c2ccccc2-c2ccccc21)C(=O)O. The number of amides is 2. The van der Waals surface area contributed by atoms with Gasteiger partial charge in [0.1, 0.15) is 18.7 Å². The zero-order chi connectivity index (χ0) is 25.4. The molecule has 9 nitrogen and oxygen atoms in total. The third-order valence-corrected chi connectivity index (χ3v) is 6.42. The number of aliphatic carboxylic acids is 1. The van der Waals surface area contributed by atoms with E-state index in [4.69, 9.17) is 4.74 Å². The number of carboxylic acid groups (broad SMARTS) is 1. The minimum Gasteiger partial charge on any atom is -0.480 e. The van der Waals surface area contributed by atoms with Crippen LogP contribution in [0, 0.1) is 0 Å². The zero-order valence-electron chi connectivity index (χ0n) is 19.5. The molecule has 0 aromatic heterocycles. The van der Waals surface area contributed by atoms with E-state index in [1.807, 2.05) is 54.8 Å². The molecule has 2 aromatic rings. The summed E-state index contributed by atoms with van der Waals surface area (Å²) in [7, 11) is 1.13. The Labute approximate surface area is 207 Å². The summed E-state index contributed by atoms with van der Waals surface area (Å²) in [5.74, 6) is -2.47. The monoisotopic (exact) mass is 500 g/mol. The van der Waals surface area contributed by atoms with Crippen molar-refractivity contribution in [2.24, 2.45) is 0 Å². The number of nitrogens with one attached hydrogen (secondary N) is 2. The van der Waals surface area contributed by atoms with Gasteiger partial charge < -0.3 is 25.2 Å². The summed E-state index contributed by atoms with van der Waals surface area (Å²) in [6.45, 7) is 0.0802. The number of carbonyl (C=O) groups is 4. The van der Waals surface area contributed by atoms with E-state index in [1.54, 1.807) is 0 Å². The molecule has 0 heterocycles. The number of carboxylic acids is 1. The molecule has 2 amide bonds. The Hall–Kier alpha value is -3.53. The summed E-state index contributed by atoms with van der Waals surface area (Å²) < 4.78 is 9.99. The predicted octanol–water partition coefficient (Wildman–Crippen LogP) is 2.78. The summed E-state index contributed by atoms with van der Waals surface area (Å²) >= 11 is 1.47. The predicted molar refractivity (Wildman–Crippen MR) is 131 cm³/mol. The highest BCUT2D eigenvalue weighted by atomic mass is 32.2. The molecule has 3 rings (SSSR count). The van der Waals surface area contributed by atoms with Gasteiger partial charge in [0.05, 0.1) is 13.5 Å². The van der Waals surface area contributed by atoms with Crippen molar-refractivity contribution in [2.75, 3.05) is 25.7 Å². The third kappa shape index (κ3) is 6.54. The van der Waals surface area contributed by atoms with Gasteiger partial charge in [0.2, 0.25) is 5.91 Å². The Morgan fingerprint density at radius 3 is 2.11 bits per heavy atom. The number of ether oxygens (including phenoxy) is 2. The number of hydrogen-bond acceptors (Lipinski definition) is 7. The lowest BCUT2D eigenvalue weighted by atomic mass is 9.98. The number of methoxy groups -OCH3 is 1. The van der Waals surface area contributed by atoms with Gasteiger partial charge in [-0.3, -0.25) is 9.59 Å². The van der Waals surface area contributed by atoms with Gasteiger partial charge in [-0.15, -0.1) is 0 Å². The summed E-state index contributed by atoms with van der Waals surface area (Å²) in [5.41, 5.74) is 4.31. The molecule has 2 aromatic carbocycles. The fourth-order valence-corrected chi connectivity index (χ4v) is 4.48. The first-order valence-electron chi connectivity index (χ1n) is 11.1. The fourth-order valence-electron chi connectivity index (χ4n) is 4.01. The zero-order valence-corrected chi connectivity index (χ0v) is 20.3. The van der Waals surface area contributed by atoms with Crippen LogP contribution in [0.15, 0.2) is 48.5 Å². The second-order valence-corrected chi connectivity index (χ2v) is 8.97. The van der Waals surface area contributed by atoms with Crippen molar-refractivity contribution >= 4 is 35.7 Å². The smallest absolute Gasteiger partial charge is 0.407 e. The van der Waals surface area contributed by atoms with E-state index in [1.165, 1.54) is 11.8 Å². The van der Waals surface area contributed by atoms with Gasteiger partial charge >= 0.3 is 18.0 Å². The number of esters is 1. The minimum absolute atomic E-state index is 0.0802. The van der Waals surface area contributed by atoms with Gasteiger partial charge in [-0.1, -0.05) is 48.5 Å². The first kappa shape index (κ1) is 26.1. The number of thioether (sulfide) groups is 1. The van der Waals surface area contributed by atoms with Crippen molar-refractivity contribution in [3.8, 4) is 11.1 Å². The molecular weight excluding hydrogens is 472 g/mol. The summed E-state index contributed by atoms with van der Waals surface area (Å²) in [6, 6.07) is 13.4. The second kappa shape index (κ2) is 12.3. The molecule has 2 atom stereocenters. The van der Waals surface area contributed by atoms with E-state index >= 15 is 0 Å². The van der Waals surface area contributed by atoms with Crippen molar-refractivity contribution in [1.29, 1.82) is 0 Å². The van der Waals surface area contributed by atoms with Crippen LogP contribution in [0.4, 0.5) is 4.79 Å². The van der Waals surface area contributed by atoms with Crippen LogP contribution in [0.5, 0.6) is 0 Å². The number of fused-ring (bicyclic) bond motifs is 3. The van der Waals surface area contributed by atoms with E-state index in [2.05, 4.69) is 15.4 Å². The lowest BCUT2D eigenvalue weighted by Gasteiger charge is -2.21. The van der Waals surface area contributed by atoms with Crippen molar-refractivity contribution in [3.05, 3.63) is 59.7 Å². The van der Waals surface area contributed by atoms with Crippen molar-refractivity contribution < 1.29 is 33.8 Å². The van der Waals surface area contributed by atoms with Crippen LogP contribution in [-0.4, -0.2) is 66.9 Å². The van der Waals surface area contributed by atoms with Gasteiger partial charge in [-0.25, -0.2) is 9.59 Å². The molecule has 1 aliphatic carbocycles. The van der Waals surface area contributed by atoms with Crippen LogP contribution in [0.3, 0.4) is 0 Å². The Morgan fingerprint density at radius 2 is 1.57 bits per heavy atom. The Bertz CT molecular complexity index is 1050. The number of rotatable bonds is 11. The highest BCUT2D eigenvalue weighted by molar-refractivity contribution is 7.98. The normalized spacial score (nSPS) is 13.7. The summed E-state index contributed by atoms with van der Waals surface area (Å²) in [4.78, 5) is 48.3. The first-order valence-corrected chi connectivity index (χ1v) is 12.5. The molecule has 10 heteroatoms. The molecule has 0 spiro atoms. The minimum atomic E-state index is -1.48. The molecule has 1 aliphatic rings. The van der Waals surface area contributed by atoms with Crippen molar-refractivity contribution in [2.45, 2.75) is 30.8 Å². The molecule has 186 valence electrons. The number of benzene rings is 2. The van der Waals surface area contributed by atoms with Gasteiger partial charge in [0.15, 0.2) is 0 Å². The maximum atomic E-state index is 12.8. The number of carbonyl (C=O) groups excluding carboxylic acids is 3. The average molecular weight is 501 g/mol. The molecule has 0 unspecified atom stereocenters. The lowest BCUT2D eigenvalue weighted by Crippen LogP contribution is -2.52. The number of alkyl carbamates (subject to hydrolysis) is 1. The van der Waals surface area contributed by atoms with E-state index < -0.39 is 42.4 Å². The van der Waals surface area contributed by atoms with Crippen molar-refractivity contribution in [1.82, 2.24) is 10.6 Å². The Morgan fingerprint density at radius 1 is 0.971 bits per heavy atom. The van der Waals surface area contributed by atoms with E-state index in [-0.39, 0.29) is 18.9 Å². The van der Waals surface area contributed by atoms with Gasteiger partial charge in [0.25, 0.3) is 0 Å². The van der Waals surface area contributed by atoms with E-state index in [0.717, 1.165) is 29.4 Å². The van der Waals surface area contributed by atoms with Crippen LogP contribution < -0.4 is 10.6 Å². The van der Waals surface area contributed by atoms with Crippen LogP contribution in [0.1, 0.15) is 29.9 Å². The van der Waals surface area contributed by atoms with Gasteiger partial charge in [-0.05, 0) is 40.7 Å². The highest BCUT2D eigenvalue weighted by Gasteiger charge is 2.31. The lowest BCUT2D eigenvalue weighted by molar-refractivity contribution is -0.148. The van der Waals surface area contributed by atoms with E-state index in [9.17, 15) is 24.3 Å². The van der Waals surface area contributed by atoms with Gasteiger partial charge in [0, 0.05) is 5.92 Å². The van der Waals surface area contributed by atoms with E-state index in [0.29, 0.717) is 5.75 Å². The molecular formula is C25H28N2O7S. The Kier molecular flexibility index (Phi) is 9.13. The van der Waals surface area contributed by atoms with Crippen LogP contribution in [-0.2, 0) is 23.9 Å². The molecule has 3 N–H and O–H groups in total. The second-order valence-electron chi connectivity index (χ2n) is 7.98. The molecule has 0 aliphatic heterocycles. The summed E-state index contributed by atoms with van der Waals surface area (Å²) in [5, 5.41) is 14.2. The highest BCUT2D eigenvalue weighted by Crippen LogP contribution is 2.44. The molecule has 35 heavy (non-hydrogen) atoms. The number of hydrogen-bond donors (Lipinski definition) is 3. The first-order chi connectivity index (χ1) is 16.8. The molecule has 0 radical (unpaired) electrons. The van der Waals surface area contributed by atoms with Crippen LogP contribution in [0.2, 0.25) is 0 Å². The Balaban J connectivity index is 1.65. The average Bonchev–Trinajstić information content (AvgIpc) is 3.18. The largest absolute Gasteiger partial charge is 0.480 e. The third-order valence-electron chi connectivity index (χ3n) is 5.78. The maximum absolute atomic E-state index is 12.8. The standard InChI is InChI=1S/C25H28N2O7S/c1-33-22(28)13-21(24(30)31)26-23(29)20(11-12-35-2)27-25(32)34-14-19-17-9-5-3-7-15(17)16-8-4-6-10-18(16)19/h3-10,19-21H,11-14H2,1-2H3,(H,26,29)(H,27,32)(H,30,31)/t20-,21+/m0/s1. The van der Waals surface area contributed by atoms with Crippen molar-refractivity contribution in [3.63, 3.8) is 0 Å². The van der Waals surface area contributed by atoms with Gasteiger partial charge in [-0.2, -0.15) is 11.8 Å². The molecule has 0 fully saturated rings. The molecule has 0 saturated carbocycles. The topological polar surface area (TPSA) is 131 Å². The molecule has 0 bridgehead atoms.